The molecular weight excluding hydrogens is 376 g/mol. The molecule has 1 aromatic rings. The molecule has 0 aromatic heterocycles. The van der Waals surface area contributed by atoms with Crippen LogP contribution in [0.4, 0.5) is 0 Å². The Morgan fingerprint density at radius 1 is 1.10 bits per heavy atom. The number of rotatable bonds is 7. The van der Waals surface area contributed by atoms with Crippen molar-refractivity contribution in [2.24, 2.45) is 5.92 Å². The number of carbonyl (C=O) groups excluding carboxylic acids is 3. The van der Waals surface area contributed by atoms with Gasteiger partial charge in [0.05, 0.1) is 14.2 Å². The van der Waals surface area contributed by atoms with Gasteiger partial charge >= 0.3 is 5.97 Å². The van der Waals surface area contributed by atoms with Crippen LogP contribution >= 0.6 is 0 Å². The van der Waals surface area contributed by atoms with Gasteiger partial charge in [0.2, 0.25) is 5.91 Å². The van der Waals surface area contributed by atoms with E-state index in [1.807, 2.05) is 13.8 Å². The van der Waals surface area contributed by atoms with Gasteiger partial charge in [-0.25, -0.2) is 4.79 Å². The molecule has 1 N–H and O–H groups in total. The summed E-state index contributed by atoms with van der Waals surface area (Å²) in [5.41, 5.74) is 0.357. The average molecular weight is 406 g/mol. The second-order valence-corrected chi connectivity index (χ2v) is 7.41. The number of nitrogens with one attached hydrogen (secondary N) is 1. The summed E-state index contributed by atoms with van der Waals surface area (Å²) in [4.78, 5) is 37.7. The average Bonchev–Trinajstić information content (AvgIpc) is 2.71. The van der Waals surface area contributed by atoms with E-state index in [0.717, 1.165) is 12.8 Å². The van der Waals surface area contributed by atoms with Gasteiger partial charge in [-0.2, -0.15) is 0 Å². The normalized spacial score (nSPS) is 15.6. The lowest BCUT2D eigenvalue weighted by Gasteiger charge is -2.31. The van der Waals surface area contributed by atoms with Gasteiger partial charge < -0.3 is 24.4 Å². The van der Waals surface area contributed by atoms with E-state index in [-0.39, 0.29) is 17.9 Å². The van der Waals surface area contributed by atoms with E-state index in [4.69, 9.17) is 14.2 Å². The molecule has 0 radical (unpaired) electrons. The van der Waals surface area contributed by atoms with E-state index in [2.05, 4.69) is 5.32 Å². The molecule has 29 heavy (non-hydrogen) atoms. The fourth-order valence-corrected chi connectivity index (χ4v) is 3.22. The number of hydrogen-bond donors (Lipinski definition) is 1. The molecule has 0 aliphatic carbocycles. The van der Waals surface area contributed by atoms with Crippen molar-refractivity contribution in [3.8, 4) is 11.5 Å². The van der Waals surface area contributed by atoms with Crippen molar-refractivity contribution in [3.63, 3.8) is 0 Å². The topological polar surface area (TPSA) is 94.2 Å². The van der Waals surface area contributed by atoms with Gasteiger partial charge in [0.25, 0.3) is 5.91 Å². The molecule has 1 heterocycles. The van der Waals surface area contributed by atoms with E-state index < -0.39 is 17.9 Å². The van der Waals surface area contributed by atoms with E-state index in [1.54, 1.807) is 30.0 Å². The molecule has 8 heteroatoms. The summed E-state index contributed by atoms with van der Waals surface area (Å²) >= 11 is 0. The molecule has 1 aromatic carbocycles. The van der Waals surface area contributed by atoms with Crippen LogP contribution in [0.25, 0.3) is 0 Å². The van der Waals surface area contributed by atoms with Gasteiger partial charge in [-0.1, -0.05) is 13.8 Å². The first-order valence-electron chi connectivity index (χ1n) is 9.75. The van der Waals surface area contributed by atoms with Gasteiger partial charge in [0, 0.05) is 38.4 Å². The van der Waals surface area contributed by atoms with Crippen molar-refractivity contribution in [1.82, 2.24) is 10.2 Å². The van der Waals surface area contributed by atoms with E-state index in [0.29, 0.717) is 30.2 Å². The monoisotopic (exact) mass is 406 g/mol. The number of nitrogens with zero attached hydrogens (tertiary/aromatic N) is 1. The molecule has 1 atom stereocenters. The highest BCUT2D eigenvalue weighted by Gasteiger charge is 2.26. The Morgan fingerprint density at radius 3 is 2.28 bits per heavy atom. The van der Waals surface area contributed by atoms with Gasteiger partial charge in [0.1, 0.15) is 12.1 Å². The number of piperidine rings is 1. The third-order valence-electron chi connectivity index (χ3n) is 5.02. The summed E-state index contributed by atoms with van der Waals surface area (Å²) in [6.07, 6.45) is 1.45. The summed E-state index contributed by atoms with van der Waals surface area (Å²) < 4.78 is 16.2. The minimum absolute atomic E-state index is 0.0242. The number of carbonyl (C=O) groups is 3. The van der Waals surface area contributed by atoms with Gasteiger partial charge in [-0.15, -0.1) is 0 Å². The highest BCUT2D eigenvalue weighted by molar-refractivity contribution is 5.97. The minimum Gasteiger partial charge on any atom is -0.493 e. The maximum absolute atomic E-state index is 12.6. The first-order valence-corrected chi connectivity index (χ1v) is 9.75. The van der Waals surface area contributed by atoms with E-state index >= 15 is 0 Å². The van der Waals surface area contributed by atoms with Gasteiger partial charge in [0.15, 0.2) is 11.5 Å². The number of ether oxygens (including phenoxy) is 3. The SMILES string of the molecule is COC(=O)[C@@H](NC(=O)c1ccc(OC2CCN(C(C)=O)CC2)c(OC)c1)C(C)C. The minimum atomic E-state index is -0.735. The summed E-state index contributed by atoms with van der Waals surface area (Å²) in [7, 11) is 2.80. The molecule has 2 amide bonds. The fraction of sp³-hybridized carbons (Fsp3) is 0.571. The largest absolute Gasteiger partial charge is 0.493 e. The first kappa shape index (κ1) is 22.5. The van der Waals surface area contributed by atoms with Crippen LogP contribution in [-0.2, 0) is 14.3 Å². The molecule has 2 rings (SSSR count). The van der Waals surface area contributed by atoms with Crippen LogP contribution < -0.4 is 14.8 Å². The molecule has 0 unspecified atom stereocenters. The summed E-state index contributed by atoms with van der Waals surface area (Å²) in [5, 5.41) is 2.70. The number of benzene rings is 1. The smallest absolute Gasteiger partial charge is 0.328 e. The third kappa shape index (κ3) is 5.85. The highest BCUT2D eigenvalue weighted by atomic mass is 16.5. The Bertz CT molecular complexity index is 741. The third-order valence-corrected chi connectivity index (χ3v) is 5.02. The molecule has 0 saturated carbocycles. The Balaban J connectivity index is 2.07. The Labute approximate surface area is 171 Å². The zero-order valence-electron chi connectivity index (χ0n) is 17.7. The summed E-state index contributed by atoms with van der Waals surface area (Å²) in [6.45, 7) is 6.55. The standard InChI is InChI=1S/C21H30N2O6/c1-13(2)19(21(26)28-5)22-20(25)15-6-7-17(18(12-15)27-4)29-16-8-10-23(11-9-16)14(3)24/h6-7,12-13,16,19H,8-11H2,1-5H3,(H,22,25)/t19-/m0/s1. The zero-order chi connectivity index (χ0) is 21.6. The quantitative estimate of drug-likeness (QED) is 0.696. The lowest BCUT2D eigenvalue weighted by atomic mass is 10.0. The number of amides is 2. The lowest BCUT2D eigenvalue weighted by Crippen LogP contribution is -2.45. The van der Waals surface area contributed by atoms with Crippen molar-refractivity contribution in [2.75, 3.05) is 27.3 Å². The molecule has 1 aliphatic rings. The molecule has 1 aliphatic heterocycles. The van der Waals surface area contributed by atoms with Crippen molar-refractivity contribution < 1.29 is 28.6 Å². The highest BCUT2D eigenvalue weighted by Crippen LogP contribution is 2.31. The molecule has 1 saturated heterocycles. The number of methoxy groups -OCH3 is 2. The predicted octanol–water partition coefficient (Wildman–Crippen LogP) is 2.01. The van der Waals surface area contributed by atoms with Gasteiger partial charge in [-0.3, -0.25) is 9.59 Å². The number of hydrogen-bond acceptors (Lipinski definition) is 6. The van der Waals surface area contributed by atoms with Crippen LogP contribution in [0.5, 0.6) is 11.5 Å². The molecular formula is C21H30N2O6. The summed E-state index contributed by atoms with van der Waals surface area (Å²) in [6, 6.07) is 4.17. The molecule has 8 nitrogen and oxygen atoms in total. The fourth-order valence-electron chi connectivity index (χ4n) is 3.22. The first-order chi connectivity index (χ1) is 13.8. The maximum atomic E-state index is 12.6. The molecule has 0 bridgehead atoms. The molecule has 1 fully saturated rings. The van der Waals surface area contributed by atoms with Crippen LogP contribution in [0.15, 0.2) is 18.2 Å². The number of likely N-dealkylation sites (tertiary alicyclic amines) is 1. The lowest BCUT2D eigenvalue weighted by molar-refractivity contribution is -0.144. The molecule has 0 spiro atoms. The van der Waals surface area contributed by atoms with Crippen LogP contribution in [-0.4, -0.2) is 62.1 Å². The van der Waals surface area contributed by atoms with Gasteiger partial charge in [-0.05, 0) is 24.1 Å². The Hall–Kier alpha value is -2.77. The van der Waals surface area contributed by atoms with Crippen LogP contribution in [0, 0.1) is 5.92 Å². The van der Waals surface area contributed by atoms with Crippen LogP contribution in [0.1, 0.15) is 44.0 Å². The Kier molecular flexibility index (Phi) is 7.87. The second kappa shape index (κ2) is 10.1. The maximum Gasteiger partial charge on any atom is 0.328 e. The van der Waals surface area contributed by atoms with E-state index in [1.165, 1.54) is 14.2 Å². The van der Waals surface area contributed by atoms with Crippen molar-refractivity contribution in [3.05, 3.63) is 23.8 Å². The van der Waals surface area contributed by atoms with E-state index in [9.17, 15) is 14.4 Å². The number of esters is 1. The Morgan fingerprint density at radius 2 is 1.76 bits per heavy atom. The van der Waals surface area contributed by atoms with Crippen molar-refractivity contribution in [2.45, 2.75) is 45.8 Å². The second-order valence-electron chi connectivity index (χ2n) is 7.41. The van der Waals surface area contributed by atoms with Crippen LogP contribution in [0.3, 0.4) is 0 Å². The van der Waals surface area contributed by atoms with Crippen LogP contribution in [0.2, 0.25) is 0 Å². The van der Waals surface area contributed by atoms with Crippen molar-refractivity contribution in [1.29, 1.82) is 0 Å². The zero-order valence-corrected chi connectivity index (χ0v) is 17.7. The van der Waals surface area contributed by atoms with Crippen molar-refractivity contribution >= 4 is 17.8 Å². The summed E-state index contributed by atoms with van der Waals surface area (Å²) in [5.74, 6) is 0.0511. The predicted molar refractivity (Wildman–Crippen MR) is 107 cm³/mol. The molecule has 160 valence electrons.